The highest BCUT2D eigenvalue weighted by Gasteiger charge is 2.29. The van der Waals surface area contributed by atoms with E-state index in [9.17, 15) is 18.0 Å². The van der Waals surface area contributed by atoms with Gasteiger partial charge in [0.25, 0.3) is 0 Å². The molecule has 0 bridgehead atoms. The van der Waals surface area contributed by atoms with E-state index in [0.717, 1.165) is 43.6 Å². The third-order valence-electron chi connectivity index (χ3n) is 3.92. The van der Waals surface area contributed by atoms with Crippen LogP contribution in [0.3, 0.4) is 0 Å². The predicted octanol–water partition coefficient (Wildman–Crippen LogP) is 3.60. The molecule has 1 fully saturated rings. The van der Waals surface area contributed by atoms with Gasteiger partial charge in [0.05, 0.1) is 5.56 Å². The number of hydrogen-bond acceptors (Lipinski definition) is 2. The van der Waals surface area contributed by atoms with E-state index >= 15 is 0 Å². The molecule has 21 heavy (non-hydrogen) atoms. The van der Waals surface area contributed by atoms with Crippen molar-refractivity contribution < 1.29 is 18.0 Å². The molecule has 116 valence electrons. The van der Waals surface area contributed by atoms with Gasteiger partial charge in [-0.25, -0.2) is 0 Å². The molecule has 5 heteroatoms. The third-order valence-corrected chi connectivity index (χ3v) is 3.92. The summed E-state index contributed by atoms with van der Waals surface area (Å²) in [6.45, 7) is 1.74. The van der Waals surface area contributed by atoms with Gasteiger partial charge in [0.1, 0.15) is 5.78 Å². The van der Waals surface area contributed by atoms with E-state index in [4.69, 9.17) is 0 Å². The van der Waals surface area contributed by atoms with Gasteiger partial charge in [-0.1, -0.05) is 12.1 Å². The summed E-state index contributed by atoms with van der Waals surface area (Å²) in [5.41, 5.74) is 0.216. The second-order valence-corrected chi connectivity index (χ2v) is 5.56. The molecule has 0 aromatic heterocycles. The number of halogens is 3. The van der Waals surface area contributed by atoms with Gasteiger partial charge in [-0.05, 0) is 49.9 Å². The minimum atomic E-state index is -4.29. The molecule has 1 atom stereocenters. The highest BCUT2D eigenvalue weighted by atomic mass is 19.4. The SMILES string of the molecule is O=C(CCCc1ccc(C(F)(F)F)cc1)[C@@H]1CCCNC1. The number of Topliss-reactive ketones (excluding diaryl/α,β-unsaturated/α-hetero) is 1. The van der Waals surface area contributed by atoms with Crippen LogP contribution in [0.15, 0.2) is 24.3 Å². The summed E-state index contributed by atoms with van der Waals surface area (Å²) >= 11 is 0. The average molecular weight is 299 g/mol. The van der Waals surface area contributed by atoms with Crippen LogP contribution >= 0.6 is 0 Å². The first-order valence-corrected chi connectivity index (χ1v) is 7.36. The molecular formula is C16H20F3NO. The van der Waals surface area contributed by atoms with Gasteiger partial charge in [-0.2, -0.15) is 13.2 Å². The Morgan fingerprint density at radius 2 is 1.95 bits per heavy atom. The quantitative estimate of drug-likeness (QED) is 0.900. The van der Waals surface area contributed by atoms with Crippen molar-refractivity contribution in [1.29, 1.82) is 0 Å². The Labute approximate surface area is 122 Å². The molecule has 1 aromatic carbocycles. The lowest BCUT2D eigenvalue weighted by molar-refractivity contribution is -0.137. The van der Waals surface area contributed by atoms with E-state index in [1.807, 2.05) is 0 Å². The van der Waals surface area contributed by atoms with E-state index < -0.39 is 11.7 Å². The third kappa shape index (κ3) is 4.84. The van der Waals surface area contributed by atoms with Crippen LogP contribution in [0.5, 0.6) is 0 Å². The fourth-order valence-electron chi connectivity index (χ4n) is 2.66. The molecule has 2 nitrogen and oxygen atoms in total. The summed E-state index contributed by atoms with van der Waals surface area (Å²) in [6, 6.07) is 5.19. The Morgan fingerprint density at radius 3 is 2.52 bits per heavy atom. The Kier molecular flexibility index (Phi) is 5.39. The lowest BCUT2D eigenvalue weighted by Crippen LogP contribution is -2.34. The van der Waals surface area contributed by atoms with Gasteiger partial charge in [0.2, 0.25) is 0 Å². The number of rotatable bonds is 5. The van der Waals surface area contributed by atoms with Crippen LogP contribution in [0.1, 0.15) is 36.8 Å². The maximum absolute atomic E-state index is 12.4. The minimum Gasteiger partial charge on any atom is -0.316 e. The number of nitrogens with one attached hydrogen (secondary N) is 1. The average Bonchev–Trinajstić information content (AvgIpc) is 2.47. The van der Waals surface area contributed by atoms with E-state index in [0.29, 0.717) is 19.3 Å². The molecule has 1 heterocycles. The van der Waals surface area contributed by atoms with Crippen LogP contribution in [-0.4, -0.2) is 18.9 Å². The largest absolute Gasteiger partial charge is 0.416 e. The summed E-state index contributed by atoms with van der Waals surface area (Å²) in [5, 5.41) is 3.22. The Balaban J connectivity index is 1.76. The van der Waals surface area contributed by atoms with Crippen LogP contribution in [-0.2, 0) is 17.4 Å². The zero-order valence-electron chi connectivity index (χ0n) is 11.9. The summed E-state index contributed by atoms with van der Waals surface area (Å²) < 4.78 is 37.3. The normalized spacial score (nSPS) is 19.5. The van der Waals surface area contributed by atoms with Crippen LogP contribution in [0, 0.1) is 5.92 Å². The number of carbonyl (C=O) groups excluding carboxylic acids is 1. The zero-order chi connectivity index (χ0) is 15.3. The Bertz CT molecular complexity index is 461. The maximum Gasteiger partial charge on any atom is 0.416 e. The smallest absolute Gasteiger partial charge is 0.316 e. The van der Waals surface area contributed by atoms with E-state index in [2.05, 4.69) is 5.32 Å². The van der Waals surface area contributed by atoms with Gasteiger partial charge in [-0.15, -0.1) is 0 Å². The van der Waals surface area contributed by atoms with Crippen molar-refractivity contribution in [2.24, 2.45) is 5.92 Å². The van der Waals surface area contributed by atoms with E-state index in [1.54, 1.807) is 0 Å². The van der Waals surface area contributed by atoms with Gasteiger partial charge < -0.3 is 5.32 Å². The van der Waals surface area contributed by atoms with Crippen molar-refractivity contribution in [2.75, 3.05) is 13.1 Å². The molecule has 0 radical (unpaired) electrons. The molecule has 0 amide bonds. The summed E-state index contributed by atoms with van der Waals surface area (Å²) in [4.78, 5) is 12.0. The van der Waals surface area contributed by atoms with Crippen LogP contribution in [0.4, 0.5) is 13.2 Å². The Morgan fingerprint density at radius 1 is 1.24 bits per heavy atom. The summed E-state index contributed by atoms with van der Waals surface area (Å²) in [7, 11) is 0. The van der Waals surface area contributed by atoms with Crippen molar-refractivity contribution in [3.63, 3.8) is 0 Å². The van der Waals surface area contributed by atoms with E-state index in [1.165, 1.54) is 12.1 Å². The number of piperidine rings is 1. The predicted molar refractivity (Wildman–Crippen MR) is 75.0 cm³/mol. The molecule has 0 spiro atoms. The molecule has 0 saturated carbocycles. The zero-order valence-corrected chi connectivity index (χ0v) is 11.9. The van der Waals surface area contributed by atoms with Crippen molar-refractivity contribution >= 4 is 5.78 Å². The summed E-state index contributed by atoms with van der Waals surface area (Å²) in [6.07, 6.45) is -0.456. The minimum absolute atomic E-state index is 0.117. The number of hydrogen-bond donors (Lipinski definition) is 1. The molecule has 1 aromatic rings. The fourth-order valence-corrected chi connectivity index (χ4v) is 2.66. The first-order valence-electron chi connectivity index (χ1n) is 7.36. The lowest BCUT2D eigenvalue weighted by Gasteiger charge is -2.21. The van der Waals surface area contributed by atoms with Crippen molar-refractivity contribution in [2.45, 2.75) is 38.3 Å². The molecule has 0 unspecified atom stereocenters. The number of ketones is 1. The van der Waals surface area contributed by atoms with Gasteiger partial charge in [0.15, 0.2) is 0 Å². The van der Waals surface area contributed by atoms with Gasteiger partial charge in [-0.3, -0.25) is 4.79 Å². The molecule has 0 aliphatic carbocycles. The molecule has 1 aliphatic rings. The standard InChI is InChI=1S/C16H20F3NO/c17-16(18,19)14-8-6-12(7-9-14)3-1-5-15(21)13-4-2-10-20-11-13/h6-9,13,20H,1-5,10-11H2/t13-/m1/s1. The number of alkyl halides is 3. The number of aryl methyl sites for hydroxylation is 1. The van der Waals surface area contributed by atoms with Crippen molar-refractivity contribution in [3.05, 3.63) is 35.4 Å². The summed E-state index contributed by atoms with van der Waals surface area (Å²) in [5.74, 6) is 0.389. The highest BCUT2D eigenvalue weighted by Crippen LogP contribution is 2.29. The molecule has 2 rings (SSSR count). The van der Waals surface area contributed by atoms with Crippen molar-refractivity contribution in [3.8, 4) is 0 Å². The monoisotopic (exact) mass is 299 g/mol. The molecule has 1 aliphatic heterocycles. The Hall–Kier alpha value is -1.36. The molecule has 1 saturated heterocycles. The number of carbonyl (C=O) groups is 1. The number of benzene rings is 1. The topological polar surface area (TPSA) is 29.1 Å². The highest BCUT2D eigenvalue weighted by molar-refractivity contribution is 5.81. The van der Waals surface area contributed by atoms with Crippen LogP contribution in [0.2, 0.25) is 0 Å². The van der Waals surface area contributed by atoms with Crippen LogP contribution < -0.4 is 5.32 Å². The van der Waals surface area contributed by atoms with Gasteiger partial charge in [0, 0.05) is 18.9 Å². The second kappa shape index (κ2) is 7.07. The molecular weight excluding hydrogens is 279 g/mol. The van der Waals surface area contributed by atoms with Crippen LogP contribution in [0.25, 0.3) is 0 Å². The molecule has 1 N–H and O–H groups in total. The van der Waals surface area contributed by atoms with Gasteiger partial charge >= 0.3 is 6.18 Å². The fraction of sp³-hybridized carbons (Fsp3) is 0.562. The first-order chi connectivity index (χ1) is 9.97. The second-order valence-electron chi connectivity index (χ2n) is 5.56. The lowest BCUT2D eigenvalue weighted by atomic mass is 9.92. The van der Waals surface area contributed by atoms with Crippen molar-refractivity contribution in [1.82, 2.24) is 5.32 Å². The first kappa shape index (κ1) is 16.0. The van der Waals surface area contributed by atoms with E-state index in [-0.39, 0.29) is 11.7 Å². The maximum atomic E-state index is 12.4.